The maximum atomic E-state index is 13.2. The van der Waals surface area contributed by atoms with Crippen molar-refractivity contribution < 1.29 is 35.9 Å². The van der Waals surface area contributed by atoms with Crippen LogP contribution in [0, 0.1) is 5.92 Å². The number of rotatable bonds is 5. The molecule has 0 spiro atoms. The Labute approximate surface area is 229 Å². The van der Waals surface area contributed by atoms with Gasteiger partial charge in [0, 0.05) is 52.1 Å². The van der Waals surface area contributed by atoms with Gasteiger partial charge < -0.3 is 9.80 Å². The summed E-state index contributed by atoms with van der Waals surface area (Å²) >= 11 is 0. The summed E-state index contributed by atoms with van der Waals surface area (Å²) in [5, 5.41) is 0. The van der Waals surface area contributed by atoms with Crippen molar-refractivity contribution in [3.63, 3.8) is 0 Å². The molecule has 2 aromatic rings. The van der Waals surface area contributed by atoms with Crippen LogP contribution in [0.2, 0.25) is 0 Å². The number of amides is 2. The van der Waals surface area contributed by atoms with E-state index in [1.165, 1.54) is 31.2 Å². The monoisotopic (exact) mass is 569 g/mol. The van der Waals surface area contributed by atoms with Crippen LogP contribution in [0.5, 0.6) is 0 Å². The summed E-state index contributed by atoms with van der Waals surface area (Å²) in [6.45, 7) is 5.92. The molecule has 40 heavy (non-hydrogen) atoms. The second-order valence-corrected chi connectivity index (χ2v) is 10.7. The Morgan fingerprint density at radius 1 is 0.800 bits per heavy atom. The highest BCUT2D eigenvalue weighted by Gasteiger charge is 2.36. The number of piperazine rings is 1. The SMILES string of the molecule is CC(=O)N1CCC(CC(=O)N2CCN(C(c3ccc(C(F)(F)F)cc3)c3ccc(C(F)(F)F)cc3)CC2C)CC1. The number of carbonyl (C=O) groups is 2. The molecule has 11 heteroatoms. The molecule has 218 valence electrons. The van der Waals surface area contributed by atoms with Gasteiger partial charge in [-0.15, -0.1) is 0 Å². The molecule has 2 amide bonds. The minimum absolute atomic E-state index is 0.0223. The van der Waals surface area contributed by atoms with Crippen molar-refractivity contribution in [3.8, 4) is 0 Å². The number of carbonyl (C=O) groups excluding carboxylic acids is 2. The summed E-state index contributed by atoms with van der Waals surface area (Å²) in [6, 6.07) is 8.58. The lowest BCUT2D eigenvalue weighted by molar-refractivity contribution is -0.138. The molecule has 0 radical (unpaired) electrons. The molecule has 1 atom stereocenters. The van der Waals surface area contributed by atoms with E-state index in [0.717, 1.165) is 37.1 Å². The van der Waals surface area contributed by atoms with Gasteiger partial charge in [-0.3, -0.25) is 14.5 Å². The van der Waals surface area contributed by atoms with Crippen LogP contribution < -0.4 is 0 Å². The highest BCUT2D eigenvalue weighted by Crippen LogP contribution is 2.36. The number of nitrogens with zero attached hydrogens (tertiary/aromatic N) is 3. The van der Waals surface area contributed by atoms with Crippen molar-refractivity contribution in [3.05, 3.63) is 70.8 Å². The lowest BCUT2D eigenvalue weighted by Gasteiger charge is -2.44. The largest absolute Gasteiger partial charge is 0.416 e. The van der Waals surface area contributed by atoms with Crippen LogP contribution in [0.15, 0.2) is 48.5 Å². The molecule has 2 aliphatic heterocycles. The highest BCUT2D eigenvalue weighted by molar-refractivity contribution is 5.77. The third kappa shape index (κ3) is 6.97. The van der Waals surface area contributed by atoms with E-state index in [2.05, 4.69) is 0 Å². The minimum Gasteiger partial charge on any atom is -0.343 e. The lowest BCUT2D eigenvalue weighted by Crippen LogP contribution is -2.55. The predicted molar refractivity (Wildman–Crippen MR) is 137 cm³/mol. The van der Waals surface area contributed by atoms with Crippen LogP contribution >= 0.6 is 0 Å². The Morgan fingerprint density at radius 3 is 1.68 bits per heavy atom. The van der Waals surface area contributed by atoms with Gasteiger partial charge in [-0.2, -0.15) is 26.3 Å². The molecule has 5 nitrogen and oxygen atoms in total. The number of hydrogen-bond donors (Lipinski definition) is 0. The van der Waals surface area contributed by atoms with E-state index in [4.69, 9.17) is 0 Å². The molecule has 2 saturated heterocycles. The third-order valence-electron chi connectivity index (χ3n) is 7.98. The average molecular weight is 570 g/mol. The van der Waals surface area contributed by atoms with Gasteiger partial charge in [0.15, 0.2) is 0 Å². The summed E-state index contributed by atoms with van der Waals surface area (Å²) in [7, 11) is 0. The van der Waals surface area contributed by atoms with Gasteiger partial charge in [0.05, 0.1) is 17.2 Å². The Hall–Kier alpha value is -3.08. The van der Waals surface area contributed by atoms with Gasteiger partial charge in [-0.25, -0.2) is 0 Å². The van der Waals surface area contributed by atoms with Crippen LogP contribution in [-0.4, -0.2) is 65.3 Å². The van der Waals surface area contributed by atoms with E-state index >= 15 is 0 Å². The molecule has 2 heterocycles. The molecule has 2 aromatic carbocycles. The highest BCUT2D eigenvalue weighted by atomic mass is 19.4. The van der Waals surface area contributed by atoms with Crippen molar-refractivity contribution >= 4 is 11.8 Å². The van der Waals surface area contributed by atoms with Crippen molar-refractivity contribution in [1.82, 2.24) is 14.7 Å². The fourth-order valence-electron chi connectivity index (χ4n) is 5.73. The summed E-state index contributed by atoms with van der Waals surface area (Å²) in [4.78, 5) is 30.4. The number of likely N-dealkylation sites (tertiary alicyclic amines) is 1. The first-order chi connectivity index (χ1) is 18.7. The first kappa shape index (κ1) is 29.9. The van der Waals surface area contributed by atoms with Crippen LogP contribution in [0.4, 0.5) is 26.3 Å². The molecular formula is C29H33F6N3O2. The van der Waals surface area contributed by atoms with E-state index in [9.17, 15) is 35.9 Å². The van der Waals surface area contributed by atoms with Gasteiger partial charge in [0.2, 0.25) is 11.8 Å². The predicted octanol–water partition coefficient (Wildman–Crippen LogP) is 5.99. The van der Waals surface area contributed by atoms with E-state index in [-0.39, 0.29) is 23.8 Å². The topological polar surface area (TPSA) is 43.9 Å². The number of halogens is 6. The van der Waals surface area contributed by atoms with E-state index < -0.39 is 29.5 Å². The normalized spacial score (nSPS) is 19.8. The molecule has 0 aliphatic carbocycles. The summed E-state index contributed by atoms with van der Waals surface area (Å²) in [5.41, 5.74) is -0.561. The van der Waals surface area contributed by atoms with Crippen molar-refractivity contribution in [2.75, 3.05) is 32.7 Å². The summed E-state index contributed by atoms with van der Waals surface area (Å²) in [6.07, 6.45) is -7.10. The maximum absolute atomic E-state index is 13.2. The second-order valence-electron chi connectivity index (χ2n) is 10.7. The molecule has 0 saturated carbocycles. The average Bonchev–Trinajstić information content (AvgIpc) is 2.89. The summed E-state index contributed by atoms with van der Waals surface area (Å²) < 4.78 is 79.1. The number of hydrogen-bond acceptors (Lipinski definition) is 3. The first-order valence-corrected chi connectivity index (χ1v) is 13.4. The van der Waals surface area contributed by atoms with Gasteiger partial charge in [0.1, 0.15) is 0 Å². The Kier molecular flexibility index (Phi) is 8.82. The van der Waals surface area contributed by atoms with Crippen LogP contribution in [-0.2, 0) is 21.9 Å². The maximum Gasteiger partial charge on any atom is 0.416 e. The van der Waals surface area contributed by atoms with Gasteiger partial charge in [0.25, 0.3) is 0 Å². The number of alkyl halides is 6. The first-order valence-electron chi connectivity index (χ1n) is 13.4. The fraction of sp³-hybridized carbons (Fsp3) is 0.517. The van der Waals surface area contributed by atoms with Gasteiger partial charge in [-0.1, -0.05) is 24.3 Å². The summed E-state index contributed by atoms with van der Waals surface area (Å²) in [5.74, 6) is 0.250. The standard InChI is InChI=1S/C29H33F6N3O2/c1-19-18-37(15-16-38(19)26(40)17-21-11-13-36(14-12-21)20(2)39)27(22-3-7-24(8-4-22)28(30,31)32)23-5-9-25(10-6-23)29(33,34)35/h3-10,19,21,27H,11-18H2,1-2H3. The van der Waals surface area contributed by atoms with E-state index in [0.29, 0.717) is 50.3 Å². The van der Waals surface area contributed by atoms with Crippen LogP contribution in [0.3, 0.4) is 0 Å². The zero-order chi connectivity index (χ0) is 29.2. The second kappa shape index (κ2) is 11.8. The number of piperidine rings is 1. The smallest absolute Gasteiger partial charge is 0.343 e. The number of benzene rings is 2. The van der Waals surface area contributed by atoms with Crippen LogP contribution in [0.1, 0.15) is 61.4 Å². The third-order valence-corrected chi connectivity index (χ3v) is 7.98. The van der Waals surface area contributed by atoms with Crippen LogP contribution in [0.25, 0.3) is 0 Å². The van der Waals surface area contributed by atoms with Gasteiger partial charge in [-0.05, 0) is 61.1 Å². The molecule has 2 fully saturated rings. The Balaban J connectivity index is 1.50. The van der Waals surface area contributed by atoms with Crippen molar-refractivity contribution in [1.29, 1.82) is 0 Å². The fourth-order valence-corrected chi connectivity index (χ4v) is 5.73. The molecule has 0 bridgehead atoms. The molecule has 0 aromatic heterocycles. The molecule has 2 aliphatic rings. The minimum atomic E-state index is -4.51. The van der Waals surface area contributed by atoms with Crippen molar-refractivity contribution in [2.24, 2.45) is 5.92 Å². The quantitative estimate of drug-likeness (QED) is 0.416. The van der Waals surface area contributed by atoms with E-state index in [1.54, 1.807) is 4.90 Å². The van der Waals surface area contributed by atoms with Crippen molar-refractivity contribution in [2.45, 2.75) is 57.5 Å². The molecular weight excluding hydrogens is 536 g/mol. The molecule has 1 unspecified atom stereocenters. The van der Waals surface area contributed by atoms with E-state index in [1.807, 2.05) is 16.7 Å². The zero-order valence-corrected chi connectivity index (χ0v) is 22.4. The molecule has 4 rings (SSSR count). The lowest BCUT2D eigenvalue weighted by atomic mass is 9.92. The Bertz CT molecular complexity index is 1110. The zero-order valence-electron chi connectivity index (χ0n) is 22.4. The Morgan fingerprint density at radius 2 is 1.27 bits per heavy atom. The van der Waals surface area contributed by atoms with Gasteiger partial charge >= 0.3 is 12.4 Å². The molecule has 0 N–H and O–H groups in total.